The lowest BCUT2D eigenvalue weighted by Gasteiger charge is -2.15. The molecule has 0 aliphatic carbocycles. The van der Waals surface area contributed by atoms with Crippen molar-refractivity contribution in [2.24, 2.45) is 0 Å². The number of hydrogen-bond donors (Lipinski definition) is 2. The van der Waals surface area contributed by atoms with Gasteiger partial charge in [-0.3, -0.25) is 4.79 Å². The van der Waals surface area contributed by atoms with Gasteiger partial charge in [-0.15, -0.1) is 10.2 Å². The first-order valence-electron chi connectivity index (χ1n) is 7.11. The lowest BCUT2D eigenvalue weighted by atomic mass is 10.1. The molecule has 0 bridgehead atoms. The molecule has 8 heteroatoms. The van der Waals surface area contributed by atoms with E-state index in [0.717, 1.165) is 0 Å². The van der Waals surface area contributed by atoms with Crippen LogP contribution in [-0.4, -0.2) is 46.6 Å². The van der Waals surface area contributed by atoms with Crippen molar-refractivity contribution in [3.8, 4) is 11.5 Å². The van der Waals surface area contributed by atoms with Gasteiger partial charge in [0, 0.05) is 19.2 Å². The van der Waals surface area contributed by atoms with Gasteiger partial charge in [-0.1, -0.05) is 0 Å². The van der Waals surface area contributed by atoms with Crippen molar-refractivity contribution in [3.63, 3.8) is 0 Å². The smallest absolute Gasteiger partial charge is 0.252 e. The summed E-state index contributed by atoms with van der Waals surface area (Å²) in [7, 11) is 3.05. The fourth-order valence-corrected chi connectivity index (χ4v) is 2.12. The van der Waals surface area contributed by atoms with Crippen LogP contribution in [-0.2, 0) is 11.3 Å². The van der Waals surface area contributed by atoms with Crippen molar-refractivity contribution in [3.05, 3.63) is 35.9 Å². The summed E-state index contributed by atoms with van der Waals surface area (Å²) in [5.41, 5.74) is 0.384. The number of phenolic OH excluding ortho intramolecular Hbond substituents is 1. The molecular formula is C15H20N4O4. The van der Waals surface area contributed by atoms with Crippen LogP contribution in [0, 0.1) is 0 Å². The van der Waals surface area contributed by atoms with Gasteiger partial charge in [0.2, 0.25) is 0 Å². The van der Waals surface area contributed by atoms with Gasteiger partial charge in [0.1, 0.15) is 6.33 Å². The summed E-state index contributed by atoms with van der Waals surface area (Å²) < 4.78 is 11.9. The standard InChI is InChI=1S/C15H20N4O4/c1-10(14-18-16-9-19(14)6-7-22-2)17-15(21)11-4-5-12(20)13(8-11)23-3/h4-5,8-10,20H,6-7H2,1-3H3,(H,17,21)/t10-/m0/s1. The second-order valence-corrected chi connectivity index (χ2v) is 4.96. The van der Waals surface area contributed by atoms with E-state index in [-0.39, 0.29) is 23.4 Å². The number of ether oxygens (including phenoxy) is 2. The molecule has 1 amide bonds. The Labute approximate surface area is 134 Å². The minimum absolute atomic E-state index is 0.0172. The number of amides is 1. The number of carbonyl (C=O) groups excluding carboxylic acids is 1. The maximum absolute atomic E-state index is 12.3. The van der Waals surface area contributed by atoms with Gasteiger partial charge in [0.25, 0.3) is 5.91 Å². The van der Waals surface area contributed by atoms with E-state index in [1.165, 1.54) is 25.3 Å². The SMILES string of the molecule is COCCn1cnnc1[C@H](C)NC(=O)c1ccc(O)c(OC)c1. The van der Waals surface area contributed by atoms with E-state index in [0.29, 0.717) is 24.5 Å². The van der Waals surface area contributed by atoms with E-state index < -0.39 is 0 Å². The van der Waals surface area contributed by atoms with Crippen LogP contribution in [0.3, 0.4) is 0 Å². The average Bonchev–Trinajstić information content (AvgIpc) is 3.01. The molecule has 1 heterocycles. The summed E-state index contributed by atoms with van der Waals surface area (Å²) in [6, 6.07) is 4.09. The molecule has 2 rings (SSSR count). The van der Waals surface area contributed by atoms with Crippen LogP contribution in [0.5, 0.6) is 11.5 Å². The van der Waals surface area contributed by atoms with Crippen molar-refractivity contribution in [2.75, 3.05) is 20.8 Å². The van der Waals surface area contributed by atoms with Gasteiger partial charge >= 0.3 is 0 Å². The Kier molecular flexibility index (Phi) is 5.53. The Morgan fingerprint density at radius 3 is 2.91 bits per heavy atom. The van der Waals surface area contributed by atoms with Crippen molar-refractivity contribution in [1.82, 2.24) is 20.1 Å². The molecular weight excluding hydrogens is 300 g/mol. The first-order chi connectivity index (χ1) is 11.1. The zero-order valence-corrected chi connectivity index (χ0v) is 13.3. The normalized spacial score (nSPS) is 12.0. The maximum Gasteiger partial charge on any atom is 0.252 e. The van der Waals surface area contributed by atoms with E-state index in [9.17, 15) is 9.90 Å². The third-order valence-electron chi connectivity index (χ3n) is 3.36. The molecule has 1 atom stereocenters. The molecule has 1 aromatic heterocycles. The van der Waals surface area contributed by atoms with E-state index in [2.05, 4.69) is 15.5 Å². The summed E-state index contributed by atoms with van der Waals surface area (Å²) in [5.74, 6) is 0.572. The summed E-state index contributed by atoms with van der Waals surface area (Å²) >= 11 is 0. The Balaban J connectivity index is 2.09. The summed E-state index contributed by atoms with van der Waals surface area (Å²) in [5, 5.41) is 20.3. The molecule has 124 valence electrons. The highest BCUT2D eigenvalue weighted by molar-refractivity contribution is 5.95. The number of nitrogens with one attached hydrogen (secondary N) is 1. The number of hydrogen-bond acceptors (Lipinski definition) is 6. The third-order valence-corrected chi connectivity index (χ3v) is 3.36. The summed E-state index contributed by atoms with van der Waals surface area (Å²) in [6.45, 7) is 2.95. The molecule has 0 saturated carbocycles. The summed E-state index contributed by atoms with van der Waals surface area (Å²) in [4.78, 5) is 12.3. The first kappa shape index (κ1) is 16.8. The second kappa shape index (κ2) is 7.59. The van der Waals surface area contributed by atoms with Crippen molar-refractivity contribution in [1.29, 1.82) is 0 Å². The van der Waals surface area contributed by atoms with Crippen LogP contribution in [0.15, 0.2) is 24.5 Å². The Morgan fingerprint density at radius 2 is 2.22 bits per heavy atom. The van der Waals surface area contributed by atoms with Crippen LogP contribution in [0.25, 0.3) is 0 Å². The molecule has 0 spiro atoms. The number of phenols is 1. The molecule has 0 radical (unpaired) electrons. The monoisotopic (exact) mass is 320 g/mol. The second-order valence-electron chi connectivity index (χ2n) is 4.96. The predicted molar refractivity (Wildman–Crippen MR) is 82.4 cm³/mol. The maximum atomic E-state index is 12.3. The fraction of sp³-hybridized carbons (Fsp3) is 0.400. The molecule has 1 aromatic carbocycles. The first-order valence-corrected chi connectivity index (χ1v) is 7.11. The minimum Gasteiger partial charge on any atom is -0.504 e. The van der Waals surface area contributed by atoms with Gasteiger partial charge < -0.3 is 24.5 Å². The molecule has 2 aromatic rings. The third kappa shape index (κ3) is 3.98. The highest BCUT2D eigenvalue weighted by atomic mass is 16.5. The minimum atomic E-state index is -0.332. The number of carbonyl (C=O) groups is 1. The topological polar surface area (TPSA) is 98.5 Å². The van der Waals surface area contributed by atoms with Crippen LogP contribution < -0.4 is 10.1 Å². The highest BCUT2D eigenvalue weighted by Crippen LogP contribution is 2.26. The highest BCUT2D eigenvalue weighted by Gasteiger charge is 2.17. The van der Waals surface area contributed by atoms with Crippen molar-refractivity contribution < 1.29 is 19.4 Å². The Morgan fingerprint density at radius 1 is 1.43 bits per heavy atom. The molecule has 23 heavy (non-hydrogen) atoms. The van der Waals surface area contributed by atoms with E-state index >= 15 is 0 Å². The molecule has 0 saturated heterocycles. The number of aromatic nitrogens is 3. The fourth-order valence-electron chi connectivity index (χ4n) is 2.12. The van der Waals surface area contributed by atoms with E-state index in [1.807, 2.05) is 11.5 Å². The van der Waals surface area contributed by atoms with Crippen molar-refractivity contribution in [2.45, 2.75) is 19.5 Å². The summed E-state index contributed by atoms with van der Waals surface area (Å²) in [6.07, 6.45) is 1.60. The zero-order chi connectivity index (χ0) is 16.8. The zero-order valence-electron chi connectivity index (χ0n) is 13.3. The number of nitrogens with zero attached hydrogens (tertiary/aromatic N) is 3. The quantitative estimate of drug-likeness (QED) is 0.793. The van der Waals surface area contributed by atoms with Crippen LogP contribution in [0.4, 0.5) is 0 Å². The molecule has 0 aliphatic rings. The van der Waals surface area contributed by atoms with Gasteiger partial charge in [0.15, 0.2) is 17.3 Å². The van der Waals surface area contributed by atoms with Crippen LogP contribution in [0.2, 0.25) is 0 Å². The van der Waals surface area contributed by atoms with E-state index in [4.69, 9.17) is 9.47 Å². The predicted octanol–water partition coefficient (Wildman–Crippen LogP) is 1.13. The van der Waals surface area contributed by atoms with Crippen LogP contribution >= 0.6 is 0 Å². The average molecular weight is 320 g/mol. The number of aromatic hydroxyl groups is 1. The molecule has 0 aliphatic heterocycles. The molecule has 0 fully saturated rings. The van der Waals surface area contributed by atoms with Gasteiger partial charge in [-0.05, 0) is 25.1 Å². The number of benzene rings is 1. The van der Waals surface area contributed by atoms with Gasteiger partial charge in [-0.25, -0.2) is 0 Å². The largest absolute Gasteiger partial charge is 0.504 e. The number of rotatable bonds is 7. The lowest BCUT2D eigenvalue weighted by Crippen LogP contribution is -2.29. The van der Waals surface area contributed by atoms with Gasteiger partial charge in [-0.2, -0.15) is 0 Å². The number of methoxy groups -OCH3 is 2. The van der Waals surface area contributed by atoms with Gasteiger partial charge in [0.05, 0.1) is 19.8 Å². The van der Waals surface area contributed by atoms with Crippen molar-refractivity contribution >= 4 is 5.91 Å². The molecule has 0 unspecified atom stereocenters. The lowest BCUT2D eigenvalue weighted by molar-refractivity contribution is 0.0937. The Hall–Kier alpha value is -2.61. The Bertz CT molecular complexity index is 671. The van der Waals surface area contributed by atoms with E-state index in [1.54, 1.807) is 13.4 Å². The molecule has 8 nitrogen and oxygen atoms in total. The molecule has 2 N–H and O–H groups in total. The van der Waals surface area contributed by atoms with Crippen LogP contribution in [0.1, 0.15) is 29.1 Å².